The van der Waals surface area contributed by atoms with E-state index in [9.17, 15) is 14.7 Å². The Balaban J connectivity index is 2.17. The molecule has 4 nitrogen and oxygen atoms in total. The van der Waals surface area contributed by atoms with E-state index in [0.29, 0.717) is 11.9 Å². The highest BCUT2D eigenvalue weighted by atomic mass is 16.4. The fraction of sp³-hybridized carbons (Fsp3) is 0.100. The SMILES string of the molecule is O=C([O-])/C=C/c1c2n(c(=O)c3ccccc13)CCc1ccccc1-2. The molecule has 0 bridgehead atoms. The van der Waals surface area contributed by atoms with Gasteiger partial charge in [0.05, 0.1) is 11.7 Å². The van der Waals surface area contributed by atoms with Crippen LogP contribution in [-0.4, -0.2) is 10.5 Å². The first kappa shape index (κ1) is 14.5. The second kappa shape index (κ2) is 5.49. The summed E-state index contributed by atoms with van der Waals surface area (Å²) in [5.74, 6) is -1.26. The first-order valence-electron chi connectivity index (χ1n) is 7.79. The zero-order valence-electron chi connectivity index (χ0n) is 12.9. The molecule has 1 aliphatic rings. The van der Waals surface area contributed by atoms with E-state index in [1.807, 2.05) is 42.5 Å². The first-order valence-corrected chi connectivity index (χ1v) is 7.79. The van der Waals surface area contributed by atoms with Crippen LogP contribution in [0.5, 0.6) is 0 Å². The highest BCUT2D eigenvalue weighted by Crippen LogP contribution is 2.34. The van der Waals surface area contributed by atoms with Gasteiger partial charge in [0.15, 0.2) is 0 Å². The maximum Gasteiger partial charge on any atom is 0.258 e. The van der Waals surface area contributed by atoms with Gasteiger partial charge in [-0.2, -0.15) is 0 Å². The Morgan fingerprint density at radius 1 is 1.04 bits per heavy atom. The largest absolute Gasteiger partial charge is 0.545 e. The average Bonchev–Trinajstić information content (AvgIpc) is 2.61. The molecule has 0 fully saturated rings. The molecule has 0 atom stereocenters. The molecule has 2 heterocycles. The van der Waals surface area contributed by atoms with Crippen LogP contribution in [0.3, 0.4) is 0 Å². The smallest absolute Gasteiger partial charge is 0.258 e. The van der Waals surface area contributed by atoms with Crippen molar-refractivity contribution in [3.8, 4) is 11.3 Å². The number of aromatic nitrogens is 1. The topological polar surface area (TPSA) is 62.1 Å². The maximum atomic E-state index is 12.9. The fourth-order valence-electron chi connectivity index (χ4n) is 3.45. The van der Waals surface area contributed by atoms with Crippen molar-refractivity contribution in [2.24, 2.45) is 0 Å². The summed E-state index contributed by atoms with van der Waals surface area (Å²) < 4.78 is 1.75. The number of rotatable bonds is 2. The number of hydrogen-bond donors (Lipinski definition) is 0. The van der Waals surface area contributed by atoms with Crippen LogP contribution in [-0.2, 0) is 17.8 Å². The van der Waals surface area contributed by atoms with Crippen molar-refractivity contribution in [1.29, 1.82) is 0 Å². The van der Waals surface area contributed by atoms with E-state index in [2.05, 4.69) is 0 Å². The Kier molecular flexibility index (Phi) is 3.31. The van der Waals surface area contributed by atoms with Crippen molar-refractivity contribution in [3.05, 3.63) is 76.1 Å². The quantitative estimate of drug-likeness (QED) is 0.679. The molecule has 24 heavy (non-hydrogen) atoms. The summed E-state index contributed by atoms with van der Waals surface area (Å²) >= 11 is 0. The Morgan fingerprint density at radius 3 is 2.54 bits per heavy atom. The number of carbonyl (C=O) groups excluding carboxylic acids is 1. The number of carbonyl (C=O) groups is 1. The summed E-state index contributed by atoms with van der Waals surface area (Å²) in [7, 11) is 0. The number of aryl methyl sites for hydroxylation is 1. The molecular formula is C20H14NO3-. The van der Waals surface area contributed by atoms with Gasteiger partial charge in [0.2, 0.25) is 0 Å². The van der Waals surface area contributed by atoms with Gasteiger partial charge in [-0.3, -0.25) is 4.79 Å². The number of nitrogens with zero attached hydrogens (tertiary/aromatic N) is 1. The molecule has 0 amide bonds. The molecule has 0 saturated heterocycles. The average molecular weight is 316 g/mol. The lowest BCUT2D eigenvalue weighted by atomic mass is 9.91. The molecule has 0 unspecified atom stereocenters. The van der Waals surface area contributed by atoms with Gasteiger partial charge < -0.3 is 14.5 Å². The predicted molar refractivity (Wildman–Crippen MR) is 91.4 cm³/mol. The van der Waals surface area contributed by atoms with Crippen LogP contribution in [0.25, 0.3) is 28.1 Å². The summed E-state index contributed by atoms with van der Waals surface area (Å²) in [6, 6.07) is 15.2. The third kappa shape index (κ3) is 2.15. The molecule has 3 aromatic rings. The maximum absolute atomic E-state index is 12.9. The molecule has 0 radical (unpaired) electrons. The second-order valence-corrected chi connectivity index (χ2v) is 5.82. The highest BCUT2D eigenvalue weighted by molar-refractivity contribution is 5.98. The molecule has 118 valence electrons. The Hall–Kier alpha value is -3.14. The van der Waals surface area contributed by atoms with Gasteiger partial charge in [-0.25, -0.2) is 0 Å². The van der Waals surface area contributed by atoms with Crippen LogP contribution in [0.4, 0.5) is 0 Å². The van der Waals surface area contributed by atoms with Crippen molar-refractivity contribution < 1.29 is 9.90 Å². The van der Waals surface area contributed by atoms with Crippen molar-refractivity contribution in [1.82, 2.24) is 4.57 Å². The minimum absolute atomic E-state index is 0.0410. The van der Waals surface area contributed by atoms with E-state index in [0.717, 1.165) is 40.3 Å². The van der Waals surface area contributed by atoms with E-state index in [1.54, 1.807) is 10.6 Å². The summed E-state index contributed by atoms with van der Waals surface area (Å²) in [6.07, 6.45) is 3.33. The van der Waals surface area contributed by atoms with E-state index < -0.39 is 5.97 Å². The summed E-state index contributed by atoms with van der Waals surface area (Å²) in [6.45, 7) is 0.585. The number of carboxylic acid groups (broad SMARTS) is 1. The highest BCUT2D eigenvalue weighted by Gasteiger charge is 2.21. The van der Waals surface area contributed by atoms with Gasteiger partial charge in [0.25, 0.3) is 5.56 Å². The zero-order valence-corrected chi connectivity index (χ0v) is 12.9. The summed E-state index contributed by atoms with van der Waals surface area (Å²) in [5.41, 5.74) is 3.61. The van der Waals surface area contributed by atoms with Gasteiger partial charge >= 0.3 is 0 Å². The summed E-state index contributed by atoms with van der Waals surface area (Å²) in [5, 5.41) is 12.3. The van der Waals surface area contributed by atoms with E-state index in [-0.39, 0.29) is 5.56 Å². The monoisotopic (exact) mass is 316 g/mol. The van der Waals surface area contributed by atoms with Crippen LogP contribution in [0.1, 0.15) is 11.1 Å². The van der Waals surface area contributed by atoms with Crippen LogP contribution in [0.2, 0.25) is 0 Å². The molecule has 0 saturated carbocycles. The van der Waals surface area contributed by atoms with Crippen molar-refractivity contribution >= 4 is 22.8 Å². The fourth-order valence-corrected chi connectivity index (χ4v) is 3.45. The van der Waals surface area contributed by atoms with Gasteiger partial charge in [-0.15, -0.1) is 0 Å². The predicted octanol–water partition coefficient (Wildman–Crippen LogP) is 1.99. The molecule has 4 rings (SSSR count). The lowest BCUT2D eigenvalue weighted by Gasteiger charge is -2.25. The Morgan fingerprint density at radius 2 is 1.75 bits per heavy atom. The number of carboxylic acids is 1. The molecule has 0 aliphatic carbocycles. The molecule has 1 aliphatic heterocycles. The number of aliphatic carboxylic acids is 1. The minimum atomic E-state index is -1.26. The third-order valence-electron chi connectivity index (χ3n) is 4.48. The Labute approximate surface area is 138 Å². The lowest BCUT2D eigenvalue weighted by molar-refractivity contribution is -0.297. The number of hydrogen-bond acceptors (Lipinski definition) is 3. The lowest BCUT2D eigenvalue weighted by Crippen LogP contribution is -2.27. The minimum Gasteiger partial charge on any atom is -0.545 e. The number of benzene rings is 2. The van der Waals surface area contributed by atoms with Gasteiger partial charge in [-0.1, -0.05) is 48.5 Å². The third-order valence-corrected chi connectivity index (χ3v) is 4.48. The van der Waals surface area contributed by atoms with Gasteiger partial charge in [-0.05, 0) is 29.5 Å². The molecular weight excluding hydrogens is 302 g/mol. The number of fused-ring (bicyclic) bond motifs is 4. The van der Waals surface area contributed by atoms with E-state index in [4.69, 9.17) is 0 Å². The molecule has 0 spiro atoms. The van der Waals surface area contributed by atoms with E-state index >= 15 is 0 Å². The van der Waals surface area contributed by atoms with Crippen LogP contribution >= 0.6 is 0 Å². The molecule has 4 heteroatoms. The van der Waals surface area contributed by atoms with Gasteiger partial charge in [0, 0.05) is 23.1 Å². The standard InChI is InChI=1S/C20H15NO3/c22-18(23)10-9-16-15-7-3-4-8-17(15)20(24)21-12-11-13-5-1-2-6-14(13)19(16)21/h1-10H,11-12H2,(H,22,23)/p-1/b10-9+. The first-order chi connectivity index (χ1) is 11.7. The zero-order chi connectivity index (χ0) is 16.7. The molecule has 1 aromatic heterocycles. The summed E-state index contributed by atoms with van der Waals surface area (Å²) in [4.78, 5) is 23.8. The molecule has 2 aromatic carbocycles. The van der Waals surface area contributed by atoms with Crippen LogP contribution in [0.15, 0.2) is 59.4 Å². The Bertz CT molecular complexity index is 1060. The normalized spacial score (nSPS) is 13.0. The van der Waals surface area contributed by atoms with Crippen molar-refractivity contribution in [3.63, 3.8) is 0 Å². The van der Waals surface area contributed by atoms with E-state index in [1.165, 1.54) is 6.08 Å². The molecule has 0 N–H and O–H groups in total. The number of pyridine rings is 1. The second-order valence-electron chi connectivity index (χ2n) is 5.82. The van der Waals surface area contributed by atoms with Crippen molar-refractivity contribution in [2.75, 3.05) is 0 Å². The van der Waals surface area contributed by atoms with Gasteiger partial charge in [0.1, 0.15) is 0 Å². The van der Waals surface area contributed by atoms with Crippen molar-refractivity contribution in [2.45, 2.75) is 13.0 Å². The van der Waals surface area contributed by atoms with Crippen LogP contribution < -0.4 is 10.7 Å². The van der Waals surface area contributed by atoms with Crippen LogP contribution in [0, 0.1) is 0 Å².